The van der Waals surface area contributed by atoms with Gasteiger partial charge in [-0.05, 0) is 76.5 Å². The Morgan fingerprint density at radius 1 is 1.10 bits per heavy atom. The summed E-state index contributed by atoms with van der Waals surface area (Å²) in [5.41, 5.74) is 3.34. The summed E-state index contributed by atoms with van der Waals surface area (Å²) in [6.07, 6.45) is 0.804. The van der Waals surface area contributed by atoms with Crippen LogP contribution in [0, 0.1) is 6.92 Å². The largest absolute Gasteiger partial charge is 0.492 e. The average molecular weight is 504 g/mol. The van der Waals surface area contributed by atoms with Crippen LogP contribution in [0.15, 0.2) is 71.2 Å². The first kappa shape index (κ1) is 22.3. The molecule has 0 aromatic heterocycles. The summed E-state index contributed by atoms with van der Waals surface area (Å²) in [6.45, 7) is 2.46. The van der Waals surface area contributed by atoms with E-state index < -0.39 is 0 Å². The van der Waals surface area contributed by atoms with Gasteiger partial charge in [-0.15, -0.1) is 0 Å². The number of halogens is 2. The second kappa shape index (κ2) is 10.6. The van der Waals surface area contributed by atoms with Crippen LogP contribution in [0.25, 0.3) is 0 Å². The number of benzene rings is 3. The fourth-order valence-electron chi connectivity index (χ4n) is 2.69. The maximum atomic E-state index is 12.5. The minimum atomic E-state index is -0.317. The molecule has 7 heteroatoms. The summed E-state index contributed by atoms with van der Waals surface area (Å²) < 4.78 is 6.53. The maximum absolute atomic E-state index is 12.5. The van der Waals surface area contributed by atoms with Crippen molar-refractivity contribution in [1.29, 1.82) is 0 Å². The number of anilines is 1. The molecule has 0 heterocycles. The zero-order chi connectivity index (χ0) is 21.5. The summed E-state index contributed by atoms with van der Waals surface area (Å²) in [4.78, 5) is 12.5. The first-order valence-corrected chi connectivity index (χ1v) is 10.8. The molecular formula is C23H20BrClN2O2S. The van der Waals surface area contributed by atoms with Crippen LogP contribution in [-0.2, 0) is 6.42 Å². The van der Waals surface area contributed by atoms with Crippen molar-refractivity contribution < 1.29 is 9.53 Å². The third-order valence-corrected chi connectivity index (χ3v) is 5.57. The lowest BCUT2D eigenvalue weighted by molar-refractivity contribution is 0.0977. The standard InChI is InChI=1S/C23H20BrClN2O2S/c1-15-7-9-18(14-20(15)25)26-23(30)27-22(28)17-8-10-21(19(24)13-17)29-12-11-16-5-3-2-4-6-16/h2-10,13-14H,11-12H2,1H3,(H2,26,27,28,30). The molecule has 0 saturated heterocycles. The molecular weight excluding hydrogens is 484 g/mol. The molecule has 3 aromatic carbocycles. The Bertz CT molecular complexity index is 1060. The van der Waals surface area contributed by atoms with Gasteiger partial charge in [0.1, 0.15) is 5.75 Å². The van der Waals surface area contributed by atoms with E-state index in [1.165, 1.54) is 5.56 Å². The predicted octanol–water partition coefficient (Wildman–Crippen LogP) is 6.16. The van der Waals surface area contributed by atoms with Crippen LogP contribution < -0.4 is 15.4 Å². The summed E-state index contributed by atoms with van der Waals surface area (Å²) in [5.74, 6) is 0.361. The number of hydrogen-bond donors (Lipinski definition) is 2. The van der Waals surface area contributed by atoms with Crippen molar-refractivity contribution >= 4 is 56.5 Å². The highest BCUT2D eigenvalue weighted by Gasteiger charge is 2.11. The molecule has 3 rings (SSSR count). The van der Waals surface area contributed by atoms with Crippen LogP contribution in [0.3, 0.4) is 0 Å². The van der Waals surface area contributed by atoms with E-state index in [9.17, 15) is 4.79 Å². The Balaban J connectivity index is 1.54. The topological polar surface area (TPSA) is 50.4 Å². The summed E-state index contributed by atoms with van der Waals surface area (Å²) in [5, 5.41) is 6.45. The van der Waals surface area contributed by atoms with Crippen molar-refractivity contribution in [2.75, 3.05) is 11.9 Å². The molecule has 0 aliphatic heterocycles. The van der Waals surface area contributed by atoms with E-state index in [0.717, 1.165) is 12.0 Å². The SMILES string of the molecule is Cc1ccc(NC(=S)NC(=O)c2ccc(OCCc3ccccc3)c(Br)c2)cc1Cl. The number of ether oxygens (including phenoxy) is 1. The average Bonchev–Trinajstić information content (AvgIpc) is 2.72. The first-order chi connectivity index (χ1) is 14.4. The van der Waals surface area contributed by atoms with Gasteiger partial charge in [0.2, 0.25) is 0 Å². The molecule has 0 aliphatic carbocycles. The number of aryl methyl sites for hydroxylation is 1. The number of nitrogens with one attached hydrogen (secondary N) is 2. The van der Waals surface area contributed by atoms with Crippen LogP contribution in [0.4, 0.5) is 5.69 Å². The van der Waals surface area contributed by atoms with E-state index in [0.29, 0.717) is 33.1 Å². The second-order valence-electron chi connectivity index (χ2n) is 6.60. The van der Waals surface area contributed by atoms with E-state index >= 15 is 0 Å². The Hall–Kier alpha value is -2.41. The third-order valence-electron chi connectivity index (χ3n) is 4.34. The molecule has 3 aromatic rings. The molecule has 0 radical (unpaired) electrons. The zero-order valence-corrected chi connectivity index (χ0v) is 19.4. The van der Waals surface area contributed by atoms with E-state index in [1.807, 2.05) is 37.3 Å². The molecule has 2 N–H and O–H groups in total. The number of amides is 1. The van der Waals surface area contributed by atoms with Gasteiger partial charge >= 0.3 is 0 Å². The van der Waals surface area contributed by atoms with Crippen molar-refractivity contribution in [2.45, 2.75) is 13.3 Å². The normalized spacial score (nSPS) is 10.4. The van der Waals surface area contributed by atoms with E-state index in [2.05, 4.69) is 38.7 Å². The molecule has 154 valence electrons. The highest BCUT2D eigenvalue weighted by Crippen LogP contribution is 2.26. The number of carbonyl (C=O) groups excluding carboxylic acids is 1. The van der Waals surface area contributed by atoms with Crippen LogP contribution in [0.5, 0.6) is 5.75 Å². The van der Waals surface area contributed by atoms with E-state index in [4.69, 9.17) is 28.6 Å². The highest BCUT2D eigenvalue weighted by molar-refractivity contribution is 9.10. The van der Waals surface area contributed by atoms with Gasteiger partial charge in [0.25, 0.3) is 5.91 Å². The Morgan fingerprint density at radius 3 is 2.57 bits per heavy atom. The van der Waals surface area contributed by atoms with Gasteiger partial charge in [-0.25, -0.2) is 0 Å². The maximum Gasteiger partial charge on any atom is 0.257 e. The van der Waals surface area contributed by atoms with Crippen molar-refractivity contribution in [1.82, 2.24) is 5.32 Å². The summed E-state index contributed by atoms with van der Waals surface area (Å²) in [6, 6.07) is 20.8. The molecule has 0 bridgehead atoms. The fraction of sp³-hybridized carbons (Fsp3) is 0.130. The lowest BCUT2D eigenvalue weighted by Gasteiger charge is -2.12. The Morgan fingerprint density at radius 2 is 1.87 bits per heavy atom. The minimum Gasteiger partial charge on any atom is -0.492 e. The van der Waals surface area contributed by atoms with E-state index in [1.54, 1.807) is 24.3 Å². The number of thiocarbonyl (C=S) groups is 1. The molecule has 1 amide bonds. The molecule has 30 heavy (non-hydrogen) atoms. The molecule has 4 nitrogen and oxygen atoms in total. The van der Waals surface area contributed by atoms with E-state index in [-0.39, 0.29) is 11.0 Å². The van der Waals surface area contributed by atoms with Crippen molar-refractivity contribution in [3.63, 3.8) is 0 Å². The van der Waals surface area contributed by atoms with Crippen molar-refractivity contribution in [3.8, 4) is 5.75 Å². The van der Waals surface area contributed by atoms with Crippen molar-refractivity contribution in [2.24, 2.45) is 0 Å². The summed E-state index contributed by atoms with van der Waals surface area (Å²) >= 11 is 14.8. The molecule has 0 saturated carbocycles. The molecule has 0 spiro atoms. The monoisotopic (exact) mass is 502 g/mol. The number of rotatable bonds is 6. The van der Waals surface area contributed by atoms with Crippen LogP contribution in [0.1, 0.15) is 21.5 Å². The third kappa shape index (κ3) is 6.29. The van der Waals surface area contributed by atoms with Gasteiger partial charge < -0.3 is 10.1 Å². The smallest absolute Gasteiger partial charge is 0.257 e. The Kier molecular flexibility index (Phi) is 7.85. The van der Waals surface area contributed by atoms with Gasteiger partial charge in [0, 0.05) is 22.7 Å². The van der Waals surface area contributed by atoms with Gasteiger partial charge in [0.15, 0.2) is 5.11 Å². The second-order valence-corrected chi connectivity index (χ2v) is 8.27. The lowest BCUT2D eigenvalue weighted by atomic mass is 10.2. The van der Waals surface area contributed by atoms with Crippen LogP contribution in [0.2, 0.25) is 5.02 Å². The predicted molar refractivity (Wildman–Crippen MR) is 130 cm³/mol. The quantitative estimate of drug-likeness (QED) is 0.396. The molecule has 0 aliphatic rings. The van der Waals surface area contributed by atoms with Gasteiger partial charge in [-0.2, -0.15) is 0 Å². The van der Waals surface area contributed by atoms with Gasteiger partial charge in [0.05, 0.1) is 11.1 Å². The van der Waals surface area contributed by atoms with Crippen LogP contribution in [-0.4, -0.2) is 17.6 Å². The minimum absolute atomic E-state index is 0.194. The fourth-order valence-corrected chi connectivity index (χ4v) is 3.58. The van der Waals surface area contributed by atoms with Crippen LogP contribution >= 0.6 is 39.7 Å². The first-order valence-electron chi connectivity index (χ1n) is 9.27. The lowest BCUT2D eigenvalue weighted by Crippen LogP contribution is -2.34. The highest BCUT2D eigenvalue weighted by atomic mass is 79.9. The zero-order valence-electron chi connectivity index (χ0n) is 16.2. The molecule has 0 atom stereocenters. The number of carbonyl (C=O) groups is 1. The van der Waals surface area contributed by atoms with Crippen molar-refractivity contribution in [3.05, 3.63) is 92.9 Å². The molecule has 0 unspecified atom stereocenters. The van der Waals surface area contributed by atoms with Gasteiger partial charge in [-0.3, -0.25) is 10.1 Å². The number of hydrogen-bond acceptors (Lipinski definition) is 3. The molecule has 0 fully saturated rings. The Labute approximate surface area is 194 Å². The van der Waals surface area contributed by atoms with Gasteiger partial charge in [-0.1, -0.05) is 48.0 Å². The summed E-state index contributed by atoms with van der Waals surface area (Å²) in [7, 11) is 0.